The first-order valence-electron chi connectivity index (χ1n) is 13.4. The Morgan fingerprint density at radius 1 is 0.425 bits per heavy atom. The summed E-state index contributed by atoms with van der Waals surface area (Å²) in [5.74, 6) is 0. The molecule has 3 nitrogen and oxygen atoms in total. The van der Waals surface area contributed by atoms with Crippen molar-refractivity contribution in [3.63, 3.8) is 0 Å². The van der Waals surface area contributed by atoms with Crippen molar-refractivity contribution in [2.75, 3.05) is 0 Å². The summed E-state index contributed by atoms with van der Waals surface area (Å²) in [6, 6.07) is 51.2. The molecule has 0 spiro atoms. The zero-order valence-corrected chi connectivity index (χ0v) is 21.6. The maximum Gasteiger partial charge on any atom is 0.0998 e. The van der Waals surface area contributed by atoms with Crippen LogP contribution in [0.2, 0.25) is 0 Å². The molecule has 0 aliphatic carbocycles. The van der Waals surface area contributed by atoms with E-state index in [2.05, 4.69) is 143 Å². The summed E-state index contributed by atoms with van der Waals surface area (Å²) in [7, 11) is 0. The van der Waals surface area contributed by atoms with Crippen LogP contribution in [-0.2, 0) is 0 Å². The monoisotopic (exact) mass is 509 g/mol. The third-order valence-corrected chi connectivity index (χ3v) is 7.98. The van der Waals surface area contributed by atoms with Crippen molar-refractivity contribution in [1.82, 2.24) is 9.13 Å². The van der Waals surface area contributed by atoms with Crippen LogP contribution in [0.15, 0.2) is 140 Å². The lowest BCUT2D eigenvalue weighted by molar-refractivity contribution is 1.17. The van der Waals surface area contributed by atoms with Crippen LogP contribution in [0.5, 0.6) is 0 Å². The first-order chi connectivity index (χ1) is 19.8. The smallest absolute Gasteiger partial charge is 0.0998 e. The standard InChI is InChI=1S/C37H23N3/c38-24-26-19-22-28(40-36-15-7-3-11-31(36)32-12-4-8-16-37(32)40)23-33(26)25-17-20-27(21-18-25)39-34-13-5-1-9-29(34)30-10-2-6-14-35(30)39/h1-23H. The van der Waals surface area contributed by atoms with Gasteiger partial charge in [0.2, 0.25) is 0 Å². The van der Waals surface area contributed by atoms with Crippen LogP contribution in [-0.4, -0.2) is 9.13 Å². The molecule has 3 heteroatoms. The SMILES string of the molecule is N#Cc1ccc(-n2c3ccccc3c3ccccc32)cc1-c1ccc(-n2c3ccccc3c3ccccc32)cc1. The molecule has 0 fully saturated rings. The third kappa shape index (κ3) is 3.24. The average molecular weight is 510 g/mol. The van der Waals surface area contributed by atoms with Gasteiger partial charge in [0.05, 0.1) is 33.7 Å². The van der Waals surface area contributed by atoms with Gasteiger partial charge in [0.1, 0.15) is 0 Å². The van der Waals surface area contributed by atoms with Crippen LogP contribution in [0, 0.1) is 11.3 Å². The van der Waals surface area contributed by atoms with Gasteiger partial charge in [-0.15, -0.1) is 0 Å². The van der Waals surface area contributed by atoms with E-state index in [-0.39, 0.29) is 0 Å². The van der Waals surface area contributed by atoms with Gasteiger partial charge in [-0.3, -0.25) is 0 Å². The summed E-state index contributed by atoms with van der Waals surface area (Å²) in [5.41, 5.74) is 9.41. The zero-order chi connectivity index (χ0) is 26.6. The molecule has 2 heterocycles. The Kier molecular flexibility index (Phi) is 4.89. The zero-order valence-electron chi connectivity index (χ0n) is 21.6. The van der Waals surface area contributed by atoms with Gasteiger partial charge in [0.25, 0.3) is 0 Å². The molecule has 0 saturated heterocycles. The van der Waals surface area contributed by atoms with Gasteiger partial charge in [-0.2, -0.15) is 5.26 Å². The Morgan fingerprint density at radius 3 is 1.27 bits per heavy atom. The number of benzene rings is 6. The minimum absolute atomic E-state index is 0.661. The molecule has 186 valence electrons. The minimum atomic E-state index is 0.661. The molecule has 0 aliphatic rings. The molecule has 0 unspecified atom stereocenters. The molecule has 0 bridgehead atoms. The summed E-state index contributed by atoms with van der Waals surface area (Å²) >= 11 is 0. The van der Waals surface area contributed by atoms with Gasteiger partial charge in [-0.1, -0.05) is 84.9 Å². The average Bonchev–Trinajstić information content (AvgIpc) is 3.54. The van der Waals surface area contributed by atoms with Gasteiger partial charge < -0.3 is 9.13 Å². The van der Waals surface area contributed by atoms with E-state index < -0.39 is 0 Å². The predicted octanol–water partition coefficient (Wildman–Crippen LogP) is 9.42. The number of para-hydroxylation sites is 4. The Hall–Kier alpha value is -5.59. The van der Waals surface area contributed by atoms with E-state index >= 15 is 0 Å². The number of hydrogen-bond acceptors (Lipinski definition) is 1. The normalized spacial score (nSPS) is 11.5. The van der Waals surface area contributed by atoms with Crippen LogP contribution in [0.1, 0.15) is 5.56 Å². The Morgan fingerprint density at radius 2 is 0.825 bits per heavy atom. The van der Waals surface area contributed by atoms with Gasteiger partial charge in [-0.25, -0.2) is 0 Å². The fraction of sp³-hybridized carbons (Fsp3) is 0. The quantitative estimate of drug-likeness (QED) is 0.233. The van der Waals surface area contributed by atoms with Crippen molar-refractivity contribution in [2.24, 2.45) is 0 Å². The summed E-state index contributed by atoms with van der Waals surface area (Å²) in [6.45, 7) is 0. The minimum Gasteiger partial charge on any atom is -0.309 e. The molecular formula is C37H23N3. The molecule has 0 atom stereocenters. The van der Waals surface area contributed by atoms with Gasteiger partial charge in [-0.05, 0) is 60.2 Å². The van der Waals surface area contributed by atoms with Crippen molar-refractivity contribution in [2.45, 2.75) is 0 Å². The van der Waals surface area contributed by atoms with Gasteiger partial charge >= 0.3 is 0 Å². The first-order valence-corrected chi connectivity index (χ1v) is 13.4. The van der Waals surface area contributed by atoms with Crippen molar-refractivity contribution in [3.8, 4) is 28.6 Å². The second kappa shape index (κ2) is 8.73. The van der Waals surface area contributed by atoms with E-state index in [1.165, 1.54) is 32.6 Å². The Labute approximate surface area is 231 Å². The van der Waals surface area contributed by atoms with Gasteiger partial charge in [0, 0.05) is 38.5 Å². The largest absolute Gasteiger partial charge is 0.309 e. The molecule has 0 saturated carbocycles. The van der Waals surface area contributed by atoms with E-state index in [4.69, 9.17) is 0 Å². The molecule has 0 amide bonds. The third-order valence-electron chi connectivity index (χ3n) is 7.98. The summed E-state index contributed by atoms with van der Waals surface area (Å²) in [5, 5.41) is 15.0. The van der Waals surface area contributed by atoms with Gasteiger partial charge in [0.15, 0.2) is 0 Å². The van der Waals surface area contributed by atoms with Crippen LogP contribution in [0.4, 0.5) is 0 Å². The number of fused-ring (bicyclic) bond motifs is 6. The lowest BCUT2D eigenvalue weighted by Crippen LogP contribution is -1.97. The number of aromatic nitrogens is 2. The van der Waals surface area contributed by atoms with E-state index in [0.717, 1.165) is 33.5 Å². The molecule has 0 radical (unpaired) electrons. The second-order valence-electron chi connectivity index (χ2n) is 10.1. The molecule has 0 N–H and O–H groups in total. The fourth-order valence-corrected chi connectivity index (χ4v) is 6.20. The topological polar surface area (TPSA) is 33.6 Å². The lowest BCUT2D eigenvalue weighted by atomic mass is 9.99. The van der Waals surface area contributed by atoms with Crippen molar-refractivity contribution >= 4 is 43.6 Å². The summed E-state index contributed by atoms with van der Waals surface area (Å²) in [4.78, 5) is 0. The van der Waals surface area contributed by atoms with Crippen LogP contribution in [0.3, 0.4) is 0 Å². The maximum atomic E-state index is 10.0. The highest BCUT2D eigenvalue weighted by atomic mass is 15.0. The highest BCUT2D eigenvalue weighted by Gasteiger charge is 2.15. The van der Waals surface area contributed by atoms with Crippen molar-refractivity contribution in [1.29, 1.82) is 5.26 Å². The van der Waals surface area contributed by atoms with Crippen molar-refractivity contribution < 1.29 is 0 Å². The molecular weight excluding hydrogens is 486 g/mol. The molecule has 0 aliphatic heterocycles. The Bertz CT molecular complexity index is 2170. The number of nitriles is 1. The number of nitrogens with zero attached hydrogens (tertiary/aromatic N) is 3. The number of hydrogen-bond donors (Lipinski definition) is 0. The highest BCUT2D eigenvalue weighted by molar-refractivity contribution is 6.10. The summed E-state index contributed by atoms with van der Waals surface area (Å²) in [6.07, 6.45) is 0. The molecule has 8 aromatic rings. The lowest BCUT2D eigenvalue weighted by Gasteiger charge is -2.13. The first kappa shape index (κ1) is 22.4. The predicted molar refractivity (Wildman–Crippen MR) is 165 cm³/mol. The van der Waals surface area contributed by atoms with E-state index in [9.17, 15) is 5.26 Å². The molecule has 8 rings (SSSR count). The second-order valence-corrected chi connectivity index (χ2v) is 10.1. The highest BCUT2D eigenvalue weighted by Crippen LogP contribution is 2.36. The maximum absolute atomic E-state index is 10.0. The van der Waals surface area contributed by atoms with Crippen molar-refractivity contribution in [3.05, 3.63) is 145 Å². The number of rotatable bonds is 3. The van der Waals surface area contributed by atoms with E-state index in [1.807, 2.05) is 12.1 Å². The summed E-state index contributed by atoms with van der Waals surface area (Å²) < 4.78 is 4.61. The molecule has 6 aromatic carbocycles. The molecule has 2 aromatic heterocycles. The molecule has 40 heavy (non-hydrogen) atoms. The fourth-order valence-electron chi connectivity index (χ4n) is 6.20. The van der Waals surface area contributed by atoms with Crippen LogP contribution in [0.25, 0.3) is 66.1 Å². The Balaban J connectivity index is 1.30. The van der Waals surface area contributed by atoms with E-state index in [0.29, 0.717) is 5.56 Å². The van der Waals surface area contributed by atoms with Crippen LogP contribution < -0.4 is 0 Å². The van der Waals surface area contributed by atoms with E-state index in [1.54, 1.807) is 0 Å². The van der Waals surface area contributed by atoms with Crippen LogP contribution >= 0.6 is 0 Å².